The van der Waals surface area contributed by atoms with Gasteiger partial charge in [0, 0.05) is 25.3 Å². The summed E-state index contributed by atoms with van der Waals surface area (Å²) >= 11 is 0. The van der Waals surface area contributed by atoms with Gasteiger partial charge in [0.15, 0.2) is 0 Å². The van der Waals surface area contributed by atoms with Crippen LogP contribution in [0.1, 0.15) is 0 Å². The minimum Gasteiger partial charge on any atom is -0.497 e. The second-order valence-corrected chi connectivity index (χ2v) is 3.84. The predicted octanol–water partition coefficient (Wildman–Crippen LogP) is 0.929. The zero-order valence-electron chi connectivity index (χ0n) is 9.80. The highest BCUT2D eigenvalue weighted by atomic mass is 16.5. The molecule has 0 bridgehead atoms. The maximum absolute atomic E-state index is 12.0. The molecule has 2 amide bonds. The Morgan fingerprint density at radius 1 is 1.29 bits per heavy atom. The number of hydrogen-bond acceptors (Lipinski definition) is 3. The number of hydrogen-bond donors (Lipinski definition) is 1. The summed E-state index contributed by atoms with van der Waals surface area (Å²) in [6.45, 7) is 1.71. The molecular weight excluding hydrogens is 220 g/mol. The molecule has 1 aliphatic rings. The third-order valence-corrected chi connectivity index (χ3v) is 2.85. The Hall–Kier alpha value is -1.75. The summed E-state index contributed by atoms with van der Waals surface area (Å²) in [5, 5.41) is 8.84. The minimum atomic E-state index is -0.0517. The fraction of sp³-hybridized carbons (Fsp3) is 0.417. The summed E-state index contributed by atoms with van der Waals surface area (Å²) in [6.07, 6.45) is 0. The van der Waals surface area contributed by atoms with Gasteiger partial charge in [-0.1, -0.05) is 0 Å². The number of benzene rings is 1. The highest BCUT2D eigenvalue weighted by Gasteiger charge is 2.28. The molecule has 1 N–H and O–H groups in total. The van der Waals surface area contributed by atoms with Gasteiger partial charge in [0.25, 0.3) is 0 Å². The second kappa shape index (κ2) is 5.05. The van der Waals surface area contributed by atoms with Crippen molar-refractivity contribution in [3.63, 3.8) is 0 Å². The SMILES string of the molecule is COc1ccc(N2CCN(CCO)C2=O)cc1. The first-order valence-corrected chi connectivity index (χ1v) is 5.57. The van der Waals surface area contributed by atoms with Crippen LogP contribution in [0.3, 0.4) is 0 Å². The Morgan fingerprint density at radius 3 is 2.59 bits per heavy atom. The maximum Gasteiger partial charge on any atom is 0.324 e. The lowest BCUT2D eigenvalue weighted by molar-refractivity contribution is 0.199. The second-order valence-electron chi connectivity index (χ2n) is 3.84. The van der Waals surface area contributed by atoms with Crippen molar-refractivity contribution in [1.82, 2.24) is 4.90 Å². The van der Waals surface area contributed by atoms with Crippen LogP contribution in [0.25, 0.3) is 0 Å². The van der Waals surface area contributed by atoms with Crippen LogP contribution in [0.2, 0.25) is 0 Å². The van der Waals surface area contributed by atoms with Crippen LogP contribution < -0.4 is 9.64 Å². The van der Waals surface area contributed by atoms with E-state index in [0.717, 1.165) is 11.4 Å². The lowest BCUT2D eigenvalue weighted by Gasteiger charge is -2.18. The van der Waals surface area contributed by atoms with Crippen molar-refractivity contribution in [2.24, 2.45) is 0 Å². The molecular formula is C12H16N2O3. The van der Waals surface area contributed by atoms with E-state index in [1.807, 2.05) is 24.3 Å². The van der Waals surface area contributed by atoms with E-state index in [1.54, 1.807) is 16.9 Å². The summed E-state index contributed by atoms with van der Waals surface area (Å²) in [4.78, 5) is 15.3. The first-order chi connectivity index (χ1) is 8.26. The molecule has 92 valence electrons. The number of rotatable bonds is 4. The predicted molar refractivity (Wildman–Crippen MR) is 64.4 cm³/mol. The van der Waals surface area contributed by atoms with Crippen molar-refractivity contribution < 1.29 is 14.6 Å². The summed E-state index contributed by atoms with van der Waals surface area (Å²) in [6, 6.07) is 7.33. The van der Waals surface area contributed by atoms with Crippen LogP contribution in [-0.4, -0.2) is 49.4 Å². The number of urea groups is 1. The van der Waals surface area contributed by atoms with Crippen LogP contribution in [0.15, 0.2) is 24.3 Å². The molecule has 1 saturated heterocycles. The number of ether oxygens (including phenoxy) is 1. The number of carbonyl (C=O) groups is 1. The highest BCUT2D eigenvalue weighted by molar-refractivity contribution is 5.94. The molecule has 17 heavy (non-hydrogen) atoms. The number of methoxy groups -OCH3 is 1. The Kier molecular flexibility index (Phi) is 3.49. The average molecular weight is 236 g/mol. The zero-order valence-corrected chi connectivity index (χ0v) is 9.80. The van der Waals surface area contributed by atoms with E-state index >= 15 is 0 Å². The fourth-order valence-corrected chi connectivity index (χ4v) is 1.91. The van der Waals surface area contributed by atoms with E-state index in [2.05, 4.69) is 0 Å². The Bertz CT molecular complexity index is 391. The third kappa shape index (κ3) is 2.34. The first kappa shape index (κ1) is 11.7. The van der Waals surface area contributed by atoms with Gasteiger partial charge in [0.2, 0.25) is 0 Å². The zero-order chi connectivity index (χ0) is 12.3. The third-order valence-electron chi connectivity index (χ3n) is 2.85. The Labute approximate surface area is 100 Å². The molecule has 0 radical (unpaired) electrons. The van der Waals surface area contributed by atoms with E-state index in [-0.39, 0.29) is 12.6 Å². The Morgan fingerprint density at radius 2 is 2.00 bits per heavy atom. The number of carbonyl (C=O) groups excluding carboxylic acids is 1. The van der Waals surface area contributed by atoms with Gasteiger partial charge in [0.05, 0.1) is 13.7 Å². The molecule has 1 aromatic rings. The monoisotopic (exact) mass is 236 g/mol. The number of amides is 2. The minimum absolute atomic E-state index is 0.00218. The number of nitrogens with zero attached hydrogens (tertiary/aromatic N) is 2. The van der Waals surface area contributed by atoms with Crippen molar-refractivity contribution in [1.29, 1.82) is 0 Å². The maximum atomic E-state index is 12.0. The molecule has 1 aliphatic heterocycles. The van der Waals surface area contributed by atoms with Crippen molar-refractivity contribution in [2.75, 3.05) is 38.3 Å². The molecule has 0 aliphatic carbocycles. The van der Waals surface area contributed by atoms with Crippen LogP contribution in [-0.2, 0) is 0 Å². The molecule has 5 heteroatoms. The lowest BCUT2D eigenvalue weighted by Crippen LogP contribution is -2.33. The van der Waals surface area contributed by atoms with Crippen LogP contribution in [0.5, 0.6) is 5.75 Å². The highest BCUT2D eigenvalue weighted by Crippen LogP contribution is 2.22. The number of anilines is 1. The van der Waals surface area contributed by atoms with Gasteiger partial charge in [-0.3, -0.25) is 4.90 Å². The van der Waals surface area contributed by atoms with E-state index in [4.69, 9.17) is 9.84 Å². The van der Waals surface area contributed by atoms with Gasteiger partial charge in [-0.25, -0.2) is 4.79 Å². The molecule has 0 saturated carbocycles. The molecule has 0 atom stereocenters. The van der Waals surface area contributed by atoms with E-state index in [0.29, 0.717) is 19.6 Å². The van der Waals surface area contributed by atoms with Crippen molar-refractivity contribution >= 4 is 11.7 Å². The molecule has 5 nitrogen and oxygen atoms in total. The number of β-amino-alcohol motifs (C(OH)–C–C–N with tert-alkyl or cyclic N) is 1. The smallest absolute Gasteiger partial charge is 0.324 e. The molecule has 0 spiro atoms. The number of aliphatic hydroxyl groups is 1. The molecule has 0 aromatic heterocycles. The summed E-state index contributed by atoms with van der Waals surface area (Å²) in [5.74, 6) is 0.771. The standard InChI is InChI=1S/C12H16N2O3/c1-17-11-4-2-10(3-5-11)14-7-6-13(8-9-15)12(14)16/h2-5,15H,6-9H2,1H3. The summed E-state index contributed by atoms with van der Waals surface area (Å²) < 4.78 is 5.07. The van der Waals surface area contributed by atoms with E-state index in [9.17, 15) is 4.79 Å². The fourth-order valence-electron chi connectivity index (χ4n) is 1.91. The van der Waals surface area contributed by atoms with Gasteiger partial charge < -0.3 is 14.7 Å². The lowest BCUT2D eigenvalue weighted by atomic mass is 10.3. The molecule has 0 unspecified atom stereocenters. The van der Waals surface area contributed by atoms with E-state index in [1.165, 1.54) is 0 Å². The summed E-state index contributed by atoms with van der Waals surface area (Å²) in [5.41, 5.74) is 0.858. The van der Waals surface area contributed by atoms with Gasteiger partial charge in [-0.2, -0.15) is 0 Å². The Balaban J connectivity index is 2.10. The van der Waals surface area contributed by atoms with E-state index < -0.39 is 0 Å². The first-order valence-electron chi connectivity index (χ1n) is 5.57. The van der Waals surface area contributed by atoms with Crippen LogP contribution in [0.4, 0.5) is 10.5 Å². The van der Waals surface area contributed by atoms with Crippen LogP contribution >= 0.6 is 0 Å². The summed E-state index contributed by atoms with van der Waals surface area (Å²) in [7, 11) is 1.61. The van der Waals surface area contributed by atoms with Crippen molar-refractivity contribution in [3.05, 3.63) is 24.3 Å². The average Bonchev–Trinajstić information content (AvgIpc) is 2.72. The number of aliphatic hydroxyl groups excluding tert-OH is 1. The molecule has 2 rings (SSSR count). The van der Waals surface area contributed by atoms with Crippen molar-refractivity contribution in [2.45, 2.75) is 0 Å². The molecule has 1 aromatic carbocycles. The van der Waals surface area contributed by atoms with Gasteiger partial charge >= 0.3 is 6.03 Å². The quantitative estimate of drug-likeness (QED) is 0.846. The molecule has 1 heterocycles. The molecule has 1 fully saturated rings. The topological polar surface area (TPSA) is 53.0 Å². The normalized spacial score (nSPS) is 15.5. The van der Waals surface area contributed by atoms with Gasteiger partial charge in [0.1, 0.15) is 5.75 Å². The largest absolute Gasteiger partial charge is 0.497 e. The van der Waals surface area contributed by atoms with Crippen LogP contribution in [0, 0.1) is 0 Å². The van der Waals surface area contributed by atoms with Gasteiger partial charge in [-0.05, 0) is 24.3 Å². The van der Waals surface area contributed by atoms with Gasteiger partial charge in [-0.15, -0.1) is 0 Å². The van der Waals surface area contributed by atoms with Crippen molar-refractivity contribution in [3.8, 4) is 5.75 Å².